The topological polar surface area (TPSA) is 66.6 Å². The Hall–Kier alpha value is -2.82. The van der Waals surface area contributed by atoms with Gasteiger partial charge < -0.3 is 15.5 Å². The Morgan fingerprint density at radius 1 is 1.07 bits per heavy atom. The van der Waals surface area contributed by atoms with E-state index in [-0.39, 0.29) is 23.8 Å². The maximum Gasteiger partial charge on any atom is 0.258 e. The van der Waals surface area contributed by atoms with Gasteiger partial charge in [-0.05, 0) is 62.1 Å². The zero-order chi connectivity index (χ0) is 19.0. The number of hydrogen-bond donors (Lipinski definition) is 1. The molecule has 140 valence electrons. The summed E-state index contributed by atoms with van der Waals surface area (Å²) in [6, 6.07) is 16.0. The molecule has 0 aromatic heterocycles. The van der Waals surface area contributed by atoms with Crippen LogP contribution in [0.15, 0.2) is 48.5 Å². The lowest BCUT2D eigenvalue weighted by Gasteiger charge is -2.33. The third kappa shape index (κ3) is 3.29. The van der Waals surface area contributed by atoms with Crippen LogP contribution in [0.5, 0.6) is 0 Å². The van der Waals surface area contributed by atoms with E-state index >= 15 is 0 Å². The van der Waals surface area contributed by atoms with Crippen molar-refractivity contribution in [2.45, 2.75) is 32.2 Å². The molecule has 2 aliphatic heterocycles. The Morgan fingerprint density at radius 2 is 1.81 bits per heavy atom. The fraction of sp³-hybridized carbons (Fsp3) is 0.364. The number of anilines is 2. The number of hydrogen-bond acceptors (Lipinski definition) is 3. The number of amides is 2. The smallest absolute Gasteiger partial charge is 0.258 e. The first-order valence-corrected chi connectivity index (χ1v) is 9.60. The SMILES string of the molecule is C[C@@H]1Cc2ccccc2N1C(=O)c1ccc(N2CCC[C@@H](C(N)=O)C2)cc1. The summed E-state index contributed by atoms with van der Waals surface area (Å²) in [7, 11) is 0. The maximum atomic E-state index is 13.1. The van der Waals surface area contributed by atoms with Gasteiger partial charge in [0.15, 0.2) is 0 Å². The second-order valence-electron chi connectivity index (χ2n) is 7.59. The molecule has 0 radical (unpaired) electrons. The number of carbonyl (C=O) groups excluding carboxylic acids is 2. The molecule has 2 heterocycles. The maximum absolute atomic E-state index is 13.1. The molecule has 2 aromatic rings. The van der Waals surface area contributed by atoms with Gasteiger partial charge in [-0.1, -0.05) is 18.2 Å². The normalized spacial score (nSPS) is 21.8. The van der Waals surface area contributed by atoms with Gasteiger partial charge in [-0.15, -0.1) is 0 Å². The molecule has 2 atom stereocenters. The van der Waals surface area contributed by atoms with Crippen LogP contribution in [0.4, 0.5) is 11.4 Å². The minimum Gasteiger partial charge on any atom is -0.371 e. The molecule has 2 aromatic carbocycles. The first-order chi connectivity index (χ1) is 13.0. The van der Waals surface area contributed by atoms with Gasteiger partial charge in [-0.25, -0.2) is 0 Å². The molecule has 0 spiro atoms. The summed E-state index contributed by atoms with van der Waals surface area (Å²) in [5.74, 6) is -0.289. The summed E-state index contributed by atoms with van der Waals surface area (Å²) in [5.41, 5.74) is 9.43. The third-order valence-corrected chi connectivity index (χ3v) is 5.73. The number of nitrogens with two attached hydrogens (primary N) is 1. The molecule has 0 bridgehead atoms. The summed E-state index contributed by atoms with van der Waals surface area (Å²) in [6.07, 6.45) is 2.70. The molecule has 27 heavy (non-hydrogen) atoms. The van der Waals surface area contributed by atoms with Gasteiger partial charge in [-0.2, -0.15) is 0 Å². The van der Waals surface area contributed by atoms with E-state index in [0.29, 0.717) is 12.1 Å². The van der Waals surface area contributed by atoms with E-state index in [0.717, 1.165) is 37.2 Å². The van der Waals surface area contributed by atoms with Gasteiger partial charge in [0.25, 0.3) is 5.91 Å². The number of nitrogens with zero attached hydrogens (tertiary/aromatic N) is 2. The van der Waals surface area contributed by atoms with Gasteiger partial charge in [0.2, 0.25) is 5.91 Å². The van der Waals surface area contributed by atoms with E-state index in [1.165, 1.54) is 5.56 Å². The number of rotatable bonds is 3. The van der Waals surface area contributed by atoms with Crippen molar-refractivity contribution in [1.29, 1.82) is 0 Å². The van der Waals surface area contributed by atoms with E-state index < -0.39 is 0 Å². The number of para-hydroxylation sites is 1. The fourth-order valence-corrected chi connectivity index (χ4v) is 4.27. The van der Waals surface area contributed by atoms with Crippen LogP contribution < -0.4 is 15.5 Å². The van der Waals surface area contributed by atoms with Gasteiger partial charge in [0.05, 0.1) is 5.92 Å². The van der Waals surface area contributed by atoms with Crippen molar-refractivity contribution >= 4 is 23.2 Å². The quantitative estimate of drug-likeness (QED) is 0.912. The van der Waals surface area contributed by atoms with E-state index in [1.807, 2.05) is 47.4 Å². The number of primary amides is 1. The van der Waals surface area contributed by atoms with E-state index in [9.17, 15) is 9.59 Å². The van der Waals surface area contributed by atoms with Crippen LogP contribution in [0.1, 0.15) is 35.7 Å². The molecule has 5 heteroatoms. The summed E-state index contributed by atoms with van der Waals surface area (Å²) in [5, 5.41) is 0. The number of piperidine rings is 1. The molecule has 2 aliphatic rings. The third-order valence-electron chi connectivity index (χ3n) is 5.73. The molecule has 0 unspecified atom stereocenters. The van der Waals surface area contributed by atoms with Gasteiger partial charge in [0.1, 0.15) is 0 Å². The van der Waals surface area contributed by atoms with Gasteiger partial charge in [-0.3, -0.25) is 9.59 Å². The molecular weight excluding hydrogens is 338 g/mol. The molecule has 2 N–H and O–H groups in total. The molecule has 0 aliphatic carbocycles. The lowest BCUT2D eigenvalue weighted by molar-refractivity contribution is -0.122. The van der Waals surface area contributed by atoms with Crippen molar-refractivity contribution in [1.82, 2.24) is 0 Å². The van der Waals surface area contributed by atoms with Crippen LogP contribution in [-0.4, -0.2) is 30.9 Å². The van der Waals surface area contributed by atoms with Gasteiger partial charge >= 0.3 is 0 Å². The Morgan fingerprint density at radius 3 is 2.56 bits per heavy atom. The monoisotopic (exact) mass is 363 g/mol. The van der Waals surface area contributed by atoms with Crippen LogP contribution in [-0.2, 0) is 11.2 Å². The minimum absolute atomic E-state index is 0.0349. The number of fused-ring (bicyclic) bond motifs is 1. The Balaban J connectivity index is 1.52. The van der Waals surface area contributed by atoms with E-state index in [1.54, 1.807) is 0 Å². The zero-order valence-corrected chi connectivity index (χ0v) is 15.6. The second kappa shape index (κ2) is 7.06. The van der Waals surface area contributed by atoms with Crippen molar-refractivity contribution < 1.29 is 9.59 Å². The average molecular weight is 363 g/mol. The Kier molecular flexibility index (Phi) is 4.60. The summed E-state index contributed by atoms with van der Waals surface area (Å²) < 4.78 is 0. The van der Waals surface area contributed by atoms with Crippen molar-refractivity contribution in [2.75, 3.05) is 22.9 Å². The molecule has 1 saturated heterocycles. The van der Waals surface area contributed by atoms with Crippen molar-refractivity contribution in [2.24, 2.45) is 11.7 Å². The molecule has 4 rings (SSSR count). The van der Waals surface area contributed by atoms with Crippen molar-refractivity contribution in [3.8, 4) is 0 Å². The first kappa shape index (κ1) is 17.6. The van der Waals surface area contributed by atoms with Crippen LogP contribution in [0.25, 0.3) is 0 Å². The van der Waals surface area contributed by atoms with Crippen LogP contribution >= 0.6 is 0 Å². The van der Waals surface area contributed by atoms with Crippen molar-refractivity contribution in [3.05, 3.63) is 59.7 Å². The van der Waals surface area contributed by atoms with Gasteiger partial charge in [0, 0.05) is 36.1 Å². The molecule has 5 nitrogen and oxygen atoms in total. The van der Waals surface area contributed by atoms with E-state index in [4.69, 9.17) is 5.73 Å². The zero-order valence-electron chi connectivity index (χ0n) is 15.6. The first-order valence-electron chi connectivity index (χ1n) is 9.60. The number of benzene rings is 2. The molecule has 1 fully saturated rings. The highest BCUT2D eigenvalue weighted by Crippen LogP contribution is 2.33. The molecule has 2 amide bonds. The summed E-state index contributed by atoms with van der Waals surface area (Å²) >= 11 is 0. The Bertz CT molecular complexity index is 862. The Labute approximate surface area is 159 Å². The van der Waals surface area contributed by atoms with Crippen LogP contribution in [0.3, 0.4) is 0 Å². The lowest BCUT2D eigenvalue weighted by atomic mass is 9.97. The summed E-state index contributed by atoms with van der Waals surface area (Å²) in [6.45, 7) is 3.65. The highest BCUT2D eigenvalue weighted by Gasteiger charge is 2.31. The predicted molar refractivity (Wildman–Crippen MR) is 107 cm³/mol. The predicted octanol–water partition coefficient (Wildman–Crippen LogP) is 2.98. The second-order valence-corrected chi connectivity index (χ2v) is 7.59. The fourth-order valence-electron chi connectivity index (χ4n) is 4.27. The minimum atomic E-state index is -0.229. The highest BCUT2D eigenvalue weighted by atomic mass is 16.2. The number of carbonyl (C=O) groups is 2. The standard InChI is InChI=1S/C22H25N3O2/c1-15-13-17-5-2-3-7-20(17)25(15)22(27)16-8-10-19(11-9-16)24-12-4-6-18(14-24)21(23)26/h2-3,5,7-11,15,18H,4,6,12-14H2,1H3,(H2,23,26)/t15-,18-/m1/s1. The lowest BCUT2D eigenvalue weighted by Crippen LogP contribution is -2.41. The largest absolute Gasteiger partial charge is 0.371 e. The summed E-state index contributed by atoms with van der Waals surface area (Å²) in [4.78, 5) is 28.7. The van der Waals surface area contributed by atoms with Crippen molar-refractivity contribution in [3.63, 3.8) is 0 Å². The molecular formula is C22H25N3O2. The van der Waals surface area contributed by atoms with Crippen LogP contribution in [0, 0.1) is 5.92 Å². The van der Waals surface area contributed by atoms with E-state index in [2.05, 4.69) is 17.9 Å². The van der Waals surface area contributed by atoms with Crippen LogP contribution in [0.2, 0.25) is 0 Å². The molecule has 0 saturated carbocycles. The average Bonchev–Trinajstić information content (AvgIpc) is 3.03. The highest BCUT2D eigenvalue weighted by molar-refractivity contribution is 6.07.